The molecular weight excluding hydrogens is 820 g/mol. The van der Waals surface area contributed by atoms with Crippen molar-refractivity contribution in [2.24, 2.45) is 17.8 Å². The number of allylic oxidation sites excluding steroid dienone is 1. The van der Waals surface area contributed by atoms with Crippen LogP contribution in [0.1, 0.15) is 78.7 Å². The summed E-state index contributed by atoms with van der Waals surface area (Å²) in [5, 5.41) is 23.8. The average molecular weight is 876 g/mol. The lowest BCUT2D eigenvalue weighted by atomic mass is 9.58. The van der Waals surface area contributed by atoms with Crippen LogP contribution < -0.4 is 15.1 Å². The Kier molecular flexibility index (Phi) is 13.2. The first-order valence-electron chi connectivity index (χ1n) is 19.8. The molecule has 292 valence electrons. The zero-order valence-electron chi connectivity index (χ0n) is 33.0. The predicted octanol–water partition coefficient (Wildman–Crippen LogP) is 7.75. The molecule has 11 heteroatoms. The van der Waals surface area contributed by atoms with E-state index in [2.05, 4.69) is 105 Å². The number of hydrogen-bond donors (Lipinski definition) is 2. The Morgan fingerprint density at radius 1 is 0.982 bits per heavy atom. The molecule has 55 heavy (non-hydrogen) atoms. The second-order valence-corrected chi connectivity index (χ2v) is 21.7. The zero-order valence-corrected chi connectivity index (χ0v) is 36.2. The van der Waals surface area contributed by atoms with Gasteiger partial charge in [-0.2, -0.15) is 0 Å². The second kappa shape index (κ2) is 17.5. The van der Waals surface area contributed by atoms with Crippen molar-refractivity contribution in [3.63, 3.8) is 0 Å². The van der Waals surface area contributed by atoms with E-state index in [1.54, 1.807) is 7.11 Å². The molecule has 0 saturated carbocycles. The van der Waals surface area contributed by atoms with Crippen molar-refractivity contribution in [3.05, 3.63) is 98.6 Å². The standard InChI is InChI=1S/C44H55BINO7Si/c1-7-15-29(23-30-24-36(46)41(48)38(25-30)52-6)20-21-37-39-31(26-34-40(35(39)27-45(51)54-37)43(50)47(22-8-2)42(34)49)28-53-55(44(3,4)5,32-16-11-9-12-17-32)33-18-13-10-14-19-33/h9-14,16-19,23-25,34-35,37,40,48,51H,7-8,15,20-22,26-28H2,1-6H3/b29-23+/t34-,35+,37-,40-/m1/s1. The molecular formula is C44H55BINO7Si. The van der Waals surface area contributed by atoms with E-state index >= 15 is 0 Å². The number of likely N-dealkylation sites (tertiary alicyclic amines) is 1. The summed E-state index contributed by atoms with van der Waals surface area (Å²) in [5.41, 5.74) is 4.21. The third kappa shape index (κ3) is 8.28. The molecule has 3 aromatic carbocycles. The summed E-state index contributed by atoms with van der Waals surface area (Å²) in [6.45, 7) is 11.6. The highest BCUT2D eigenvalue weighted by atomic mass is 127. The minimum atomic E-state index is -2.95. The molecule has 3 aromatic rings. The second-order valence-electron chi connectivity index (χ2n) is 16.2. The Morgan fingerprint density at radius 3 is 2.22 bits per heavy atom. The Labute approximate surface area is 341 Å². The fourth-order valence-electron chi connectivity index (χ4n) is 9.34. The summed E-state index contributed by atoms with van der Waals surface area (Å²) in [5.74, 6) is -1.02. The monoisotopic (exact) mass is 875 g/mol. The molecule has 2 saturated heterocycles. The lowest BCUT2D eigenvalue weighted by molar-refractivity contribution is -0.140. The van der Waals surface area contributed by atoms with Crippen LogP contribution in [0.5, 0.6) is 11.5 Å². The van der Waals surface area contributed by atoms with Gasteiger partial charge in [-0.25, -0.2) is 0 Å². The molecule has 3 aliphatic rings. The van der Waals surface area contributed by atoms with Gasteiger partial charge in [0.05, 0.1) is 35.2 Å². The number of fused-ring (bicyclic) bond motifs is 3. The van der Waals surface area contributed by atoms with Gasteiger partial charge in [-0.3, -0.25) is 14.5 Å². The number of carbonyl (C=O) groups excluding carboxylic acids is 2. The van der Waals surface area contributed by atoms with Gasteiger partial charge < -0.3 is 23.9 Å². The molecule has 2 amide bonds. The van der Waals surface area contributed by atoms with Gasteiger partial charge in [0.1, 0.15) is 0 Å². The Balaban J connectivity index is 1.43. The molecule has 0 spiro atoms. The number of phenolic OH excluding ortho intramolecular Hbond substituents is 1. The van der Waals surface area contributed by atoms with Crippen molar-refractivity contribution in [3.8, 4) is 11.5 Å². The highest BCUT2D eigenvalue weighted by molar-refractivity contribution is 14.1. The molecule has 2 heterocycles. The molecule has 0 radical (unpaired) electrons. The summed E-state index contributed by atoms with van der Waals surface area (Å²) in [6.07, 6.45) is 6.20. The van der Waals surface area contributed by atoms with Gasteiger partial charge in [-0.15, -0.1) is 0 Å². The SMILES string of the molecule is CCC/C(=C\c1cc(I)c(O)c(OC)c1)CC[C@H]1OB(O)C[C@H]2C1=C(CO[Si](c1ccccc1)(c1ccccc1)C(C)(C)C)C[C@H]1C(=O)N(CCC)C(=O)[C@H]12. The maximum atomic E-state index is 14.1. The highest BCUT2D eigenvalue weighted by Crippen LogP contribution is 2.51. The van der Waals surface area contributed by atoms with Gasteiger partial charge in [0, 0.05) is 6.54 Å². The number of carbonyl (C=O) groups is 2. The Hall–Kier alpha value is -3.23. The van der Waals surface area contributed by atoms with Gasteiger partial charge in [-0.05, 0) is 111 Å². The van der Waals surface area contributed by atoms with Crippen LogP contribution in [0.15, 0.2) is 89.5 Å². The summed E-state index contributed by atoms with van der Waals surface area (Å²) >= 11 is 2.12. The van der Waals surface area contributed by atoms with Gasteiger partial charge in [-0.1, -0.05) is 113 Å². The predicted molar refractivity (Wildman–Crippen MR) is 230 cm³/mol. The number of ether oxygens (including phenoxy) is 1. The molecule has 2 aliphatic heterocycles. The normalized spacial score (nSPS) is 21.9. The van der Waals surface area contributed by atoms with Crippen LogP contribution in [-0.2, 0) is 18.7 Å². The number of rotatable bonds is 14. The van der Waals surface area contributed by atoms with Crippen LogP contribution in [0.3, 0.4) is 0 Å². The zero-order chi connectivity index (χ0) is 39.5. The molecule has 6 rings (SSSR count). The third-order valence-corrected chi connectivity index (χ3v) is 17.5. The highest BCUT2D eigenvalue weighted by Gasteiger charge is 2.58. The van der Waals surface area contributed by atoms with Crippen LogP contribution in [-0.4, -0.2) is 68.6 Å². The molecule has 8 nitrogen and oxygen atoms in total. The molecule has 2 fully saturated rings. The average Bonchev–Trinajstić information content (AvgIpc) is 3.40. The van der Waals surface area contributed by atoms with Crippen molar-refractivity contribution in [2.45, 2.75) is 90.6 Å². The summed E-state index contributed by atoms with van der Waals surface area (Å²) in [7, 11) is -2.45. The van der Waals surface area contributed by atoms with Gasteiger partial charge in [0.25, 0.3) is 8.32 Å². The first-order valence-corrected chi connectivity index (χ1v) is 22.7. The third-order valence-electron chi connectivity index (χ3n) is 11.7. The smallest absolute Gasteiger partial charge is 0.455 e. The number of nitrogens with zero attached hydrogens (tertiary/aromatic N) is 1. The number of phenols is 1. The van der Waals surface area contributed by atoms with Crippen molar-refractivity contribution < 1.29 is 33.5 Å². The van der Waals surface area contributed by atoms with Crippen molar-refractivity contribution >= 4 is 66.3 Å². The lowest BCUT2D eigenvalue weighted by Crippen LogP contribution is -2.66. The van der Waals surface area contributed by atoms with E-state index in [1.165, 1.54) is 20.8 Å². The molecule has 2 N–H and O–H groups in total. The lowest BCUT2D eigenvalue weighted by Gasteiger charge is -2.46. The number of halogens is 1. The van der Waals surface area contributed by atoms with Crippen LogP contribution in [0.25, 0.3) is 6.08 Å². The quantitative estimate of drug-likeness (QED) is 0.0739. The largest absolute Gasteiger partial charge is 0.504 e. The number of benzene rings is 3. The maximum Gasteiger partial charge on any atom is 0.455 e. The Morgan fingerprint density at radius 2 is 1.64 bits per heavy atom. The molecule has 0 unspecified atom stereocenters. The summed E-state index contributed by atoms with van der Waals surface area (Å²) < 4.78 is 20.1. The van der Waals surface area contributed by atoms with Crippen molar-refractivity contribution in [2.75, 3.05) is 20.3 Å². The fourth-order valence-corrected chi connectivity index (χ4v) is 14.5. The first kappa shape index (κ1) is 41.4. The Bertz CT molecular complexity index is 1870. The van der Waals surface area contributed by atoms with Crippen LogP contribution >= 0.6 is 22.6 Å². The molecule has 4 atom stereocenters. The minimum absolute atomic E-state index is 0.108. The summed E-state index contributed by atoms with van der Waals surface area (Å²) in [6, 6.07) is 24.9. The van der Waals surface area contributed by atoms with E-state index in [1.807, 2.05) is 31.2 Å². The van der Waals surface area contributed by atoms with E-state index in [0.717, 1.165) is 29.6 Å². The maximum absolute atomic E-state index is 14.1. The number of imide groups is 1. The number of amides is 2. The van der Waals surface area contributed by atoms with Gasteiger partial charge in [0.15, 0.2) is 11.5 Å². The molecule has 0 bridgehead atoms. The number of hydrogen-bond acceptors (Lipinski definition) is 7. The number of aromatic hydroxyl groups is 1. The van der Waals surface area contributed by atoms with E-state index < -0.39 is 33.4 Å². The number of methoxy groups -OCH3 is 1. The van der Waals surface area contributed by atoms with Crippen molar-refractivity contribution in [1.82, 2.24) is 4.90 Å². The van der Waals surface area contributed by atoms with Crippen LogP contribution in [0.4, 0.5) is 0 Å². The first-order chi connectivity index (χ1) is 26.3. The fraction of sp³-hybridized carbons (Fsp3) is 0.455. The topological polar surface area (TPSA) is 106 Å². The molecule has 0 aromatic heterocycles. The van der Waals surface area contributed by atoms with E-state index in [4.69, 9.17) is 13.8 Å². The minimum Gasteiger partial charge on any atom is -0.504 e. The van der Waals surface area contributed by atoms with E-state index in [-0.39, 0.29) is 34.8 Å². The summed E-state index contributed by atoms with van der Waals surface area (Å²) in [4.78, 5) is 29.6. The van der Waals surface area contributed by atoms with Crippen LogP contribution in [0.2, 0.25) is 11.4 Å². The van der Waals surface area contributed by atoms with Gasteiger partial charge in [0.2, 0.25) is 11.8 Å². The van der Waals surface area contributed by atoms with Gasteiger partial charge >= 0.3 is 7.12 Å². The van der Waals surface area contributed by atoms with Crippen LogP contribution in [0, 0.1) is 21.3 Å². The van der Waals surface area contributed by atoms with E-state index in [0.29, 0.717) is 48.2 Å². The van der Waals surface area contributed by atoms with Crippen molar-refractivity contribution in [1.29, 1.82) is 0 Å². The van der Waals surface area contributed by atoms with E-state index in [9.17, 15) is 19.7 Å². The molecule has 1 aliphatic carbocycles.